The van der Waals surface area contributed by atoms with E-state index < -0.39 is 33.8 Å². The summed E-state index contributed by atoms with van der Waals surface area (Å²) in [4.78, 5) is 23.7. The van der Waals surface area contributed by atoms with E-state index in [1.54, 1.807) is 13.8 Å². The van der Waals surface area contributed by atoms with Gasteiger partial charge in [-0.15, -0.1) is 0 Å². The largest absolute Gasteiger partial charge is 0.805 e. The van der Waals surface area contributed by atoms with Crippen LogP contribution >= 0.6 is 0 Å². The third-order valence-corrected chi connectivity index (χ3v) is 3.31. The van der Waals surface area contributed by atoms with Gasteiger partial charge in [-0.3, -0.25) is 0 Å². The van der Waals surface area contributed by atoms with Crippen LogP contribution in [-0.2, 0) is 10.9 Å². The molecule has 0 atom stereocenters. The molecule has 9 heteroatoms. The highest BCUT2D eigenvalue weighted by atomic mass is 19.4. The molecule has 6 nitrogen and oxygen atoms in total. The zero-order valence-electron chi connectivity index (χ0n) is 11.8. The van der Waals surface area contributed by atoms with E-state index in [1.165, 1.54) is 12.1 Å². The van der Waals surface area contributed by atoms with E-state index in [0.29, 0.717) is 11.1 Å². The minimum atomic E-state index is -5.19. The summed E-state index contributed by atoms with van der Waals surface area (Å²) in [5, 5.41) is 12.1. The average Bonchev–Trinajstić information content (AvgIpc) is 2.42. The van der Waals surface area contributed by atoms with Crippen molar-refractivity contribution in [3.8, 4) is 0 Å². The van der Waals surface area contributed by atoms with E-state index in [1.807, 2.05) is 0 Å². The van der Waals surface area contributed by atoms with Gasteiger partial charge in [0, 0.05) is 11.0 Å². The second kappa shape index (κ2) is 5.00. The Morgan fingerprint density at radius 3 is 2.32 bits per heavy atom. The molecule has 0 N–H and O–H groups in total. The second-order valence-electron chi connectivity index (χ2n) is 4.70. The molecule has 0 unspecified atom stereocenters. The van der Waals surface area contributed by atoms with Crippen molar-refractivity contribution in [2.45, 2.75) is 20.0 Å². The molecule has 0 radical (unpaired) electrons. The Bertz CT molecular complexity index is 840. The van der Waals surface area contributed by atoms with E-state index in [2.05, 4.69) is 4.74 Å². The number of alkyl halides is 3. The Morgan fingerprint density at radius 2 is 1.82 bits per heavy atom. The fraction of sp³-hybridized carbons (Fsp3) is 0.308. The number of nitrogens with zero attached hydrogens (tertiary/aromatic N) is 2. The number of aromatic nitrogens is 2. The van der Waals surface area contributed by atoms with E-state index >= 15 is 0 Å². The molecule has 118 valence electrons. The Kier molecular flexibility index (Phi) is 3.59. The molecule has 2 rings (SSSR count). The van der Waals surface area contributed by atoms with E-state index in [-0.39, 0.29) is 9.94 Å². The SMILES string of the molecule is COC(=O)c1c(C(F)(F)F)n([O-])c2cc(C)c(C)cc2[n+]1=O. The van der Waals surface area contributed by atoms with Gasteiger partial charge in [-0.25, -0.2) is 4.79 Å². The van der Waals surface area contributed by atoms with Gasteiger partial charge in [-0.1, -0.05) is 0 Å². The molecule has 0 saturated heterocycles. The topological polar surface area (TPSA) is 77.3 Å². The highest BCUT2D eigenvalue weighted by molar-refractivity contribution is 5.89. The third-order valence-electron chi connectivity index (χ3n) is 3.31. The molecule has 0 aliphatic heterocycles. The number of ether oxygens (including phenoxy) is 1. The van der Waals surface area contributed by atoms with Crippen molar-refractivity contribution in [1.29, 1.82) is 0 Å². The lowest BCUT2D eigenvalue weighted by Gasteiger charge is -2.20. The van der Waals surface area contributed by atoms with Crippen LogP contribution in [0.3, 0.4) is 0 Å². The number of fused-ring (bicyclic) bond motifs is 1. The van der Waals surface area contributed by atoms with Crippen LogP contribution in [0.15, 0.2) is 12.1 Å². The molecule has 22 heavy (non-hydrogen) atoms. The van der Waals surface area contributed by atoms with Gasteiger partial charge in [0.05, 0.1) is 11.5 Å². The summed E-state index contributed by atoms with van der Waals surface area (Å²) in [6.45, 7) is 3.21. The van der Waals surface area contributed by atoms with Crippen LogP contribution in [0, 0.1) is 24.0 Å². The molecule has 0 amide bonds. The van der Waals surface area contributed by atoms with Crippen molar-refractivity contribution >= 4 is 17.0 Å². The van der Waals surface area contributed by atoms with Gasteiger partial charge >= 0.3 is 17.8 Å². The van der Waals surface area contributed by atoms with Crippen molar-refractivity contribution in [1.82, 2.24) is 4.73 Å². The number of rotatable bonds is 1. The maximum atomic E-state index is 13.1. The summed E-state index contributed by atoms with van der Waals surface area (Å²) < 4.78 is 42.9. The number of esters is 1. The number of benzene rings is 1. The van der Waals surface area contributed by atoms with Crippen LogP contribution in [-0.4, -0.2) is 17.8 Å². The quantitative estimate of drug-likeness (QED) is 0.597. The van der Waals surface area contributed by atoms with Crippen LogP contribution in [0.2, 0.25) is 0 Å². The molecule has 1 heterocycles. The molecule has 1 aromatic heterocycles. The lowest BCUT2D eigenvalue weighted by atomic mass is 10.1. The lowest BCUT2D eigenvalue weighted by Crippen LogP contribution is -2.35. The normalized spacial score (nSPS) is 11.7. The van der Waals surface area contributed by atoms with E-state index in [4.69, 9.17) is 0 Å². The number of halogens is 3. The molecule has 0 bridgehead atoms. The summed E-state index contributed by atoms with van der Waals surface area (Å²) in [6, 6.07) is 2.42. The molecule has 0 aliphatic carbocycles. The Morgan fingerprint density at radius 1 is 1.27 bits per heavy atom. The predicted molar refractivity (Wildman–Crippen MR) is 69.9 cm³/mol. The standard InChI is InChI=1S/C13H11F3N2O4/c1-6-4-8-9(5-7(6)2)18(21)11(13(14,15)16)10(17(8)20)12(19)22-3/h4-5H,1-3H3. The van der Waals surface area contributed by atoms with Gasteiger partial charge in [0.1, 0.15) is 5.52 Å². The van der Waals surface area contributed by atoms with Gasteiger partial charge < -0.3 is 14.7 Å². The van der Waals surface area contributed by atoms with Crippen molar-refractivity contribution < 1.29 is 27.1 Å². The van der Waals surface area contributed by atoms with Crippen LogP contribution in [0.5, 0.6) is 0 Å². The first-order valence-electron chi connectivity index (χ1n) is 6.05. The van der Waals surface area contributed by atoms with Crippen LogP contribution in [0.4, 0.5) is 13.2 Å². The van der Waals surface area contributed by atoms with Crippen molar-refractivity contribution in [2.75, 3.05) is 7.11 Å². The monoisotopic (exact) mass is 316 g/mol. The number of methoxy groups -OCH3 is 1. The number of hydrogen-bond donors (Lipinski definition) is 0. The predicted octanol–water partition coefficient (Wildman–Crippen LogP) is 2.32. The summed E-state index contributed by atoms with van der Waals surface area (Å²) in [5.41, 5.74) is -2.97. The maximum absolute atomic E-state index is 13.1. The summed E-state index contributed by atoms with van der Waals surface area (Å²) in [5.74, 6) is -1.54. The third kappa shape index (κ3) is 2.28. The van der Waals surface area contributed by atoms with Crippen LogP contribution in [0.25, 0.3) is 11.0 Å². The average molecular weight is 316 g/mol. The highest BCUT2D eigenvalue weighted by Gasteiger charge is 2.45. The van der Waals surface area contributed by atoms with Gasteiger partial charge in [0.15, 0.2) is 0 Å². The zero-order chi connectivity index (χ0) is 16.8. The molecule has 2 aromatic rings. The molecule has 0 fully saturated rings. The smallest absolute Gasteiger partial charge is 0.438 e. The lowest BCUT2D eigenvalue weighted by molar-refractivity contribution is -0.471. The summed E-state index contributed by atoms with van der Waals surface area (Å²) in [6.07, 6.45) is -5.19. The first-order valence-corrected chi connectivity index (χ1v) is 6.05. The minimum absolute atomic E-state index is 0.217. The van der Waals surface area contributed by atoms with Gasteiger partial charge in [0.25, 0.3) is 5.52 Å². The second-order valence-corrected chi connectivity index (χ2v) is 4.70. The molecule has 0 spiro atoms. The van der Waals surface area contributed by atoms with Crippen molar-refractivity contribution in [3.63, 3.8) is 0 Å². The van der Waals surface area contributed by atoms with E-state index in [9.17, 15) is 28.1 Å². The minimum Gasteiger partial charge on any atom is -0.805 e. The zero-order valence-corrected chi connectivity index (χ0v) is 11.8. The number of aryl methyl sites for hydroxylation is 2. The van der Waals surface area contributed by atoms with Crippen LogP contribution in [0.1, 0.15) is 27.3 Å². The maximum Gasteiger partial charge on any atom is 0.438 e. The number of carbonyl (C=O) groups excluding carboxylic acids is 1. The highest BCUT2D eigenvalue weighted by Crippen LogP contribution is 2.33. The molecular formula is C13H11F3N2O4. The Hall–Kier alpha value is -2.58. The first-order chi connectivity index (χ1) is 10.1. The number of carbonyl (C=O) groups is 1. The molecule has 0 aliphatic rings. The van der Waals surface area contributed by atoms with Gasteiger partial charge in [-0.2, -0.15) is 13.2 Å². The fourth-order valence-electron chi connectivity index (χ4n) is 2.07. The van der Waals surface area contributed by atoms with Crippen molar-refractivity contribution in [2.24, 2.45) is 0 Å². The number of hydrogen-bond acceptors (Lipinski definition) is 4. The van der Waals surface area contributed by atoms with Gasteiger partial charge in [0.2, 0.25) is 5.69 Å². The Balaban J connectivity index is 3.11. The fourth-order valence-corrected chi connectivity index (χ4v) is 2.07. The summed E-state index contributed by atoms with van der Waals surface area (Å²) >= 11 is 0. The molecular weight excluding hydrogens is 305 g/mol. The van der Waals surface area contributed by atoms with Crippen LogP contribution < -0.4 is 4.43 Å². The molecule has 0 saturated carbocycles. The molecule has 1 aromatic carbocycles. The first kappa shape index (κ1) is 15.8. The Labute approximate surface area is 121 Å². The van der Waals surface area contributed by atoms with Gasteiger partial charge in [-0.05, 0) is 31.0 Å². The van der Waals surface area contributed by atoms with Crippen molar-refractivity contribution in [3.05, 3.63) is 44.8 Å². The van der Waals surface area contributed by atoms with E-state index in [0.717, 1.165) is 7.11 Å². The summed E-state index contributed by atoms with van der Waals surface area (Å²) in [7, 11) is 0.822.